The van der Waals surface area contributed by atoms with Gasteiger partial charge in [0.2, 0.25) is 11.0 Å². The summed E-state index contributed by atoms with van der Waals surface area (Å²) in [6, 6.07) is 8.96. The van der Waals surface area contributed by atoms with Crippen LogP contribution in [0, 0.1) is 5.82 Å². The number of ether oxygens (including phenoxy) is 2. The maximum atomic E-state index is 13.2. The van der Waals surface area contributed by atoms with Gasteiger partial charge in [-0.1, -0.05) is 23.4 Å². The summed E-state index contributed by atoms with van der Waals surface area (Å²) >= 11 is 7.13. The van der Waals surface area contributed by atoms with Crippen molar-refractivity contribution in [2.45, 2.75) is 18.2 Å². The third kappa shape index (κ3) is 5.06. The molecule has 158 valence electrons. The number of thioether (sulfide) groups is 1. The van der Waals surface area contributed by atoms with Crippen molar-refractivity contribution in [1.29, 1.82) is 0 Å². The molecule has 0 spiro atoms. The number of halogens is 4. The van der Waals surface area contributed by atoms with Crippen LogP contribution in [0.15, 0.2) is 46.7 Å². The van der Waals surface area contributed by atoms with Crippen LogP contribution in [0.25, 0.3) is 0 Å². The fraction of sp³-hybridized carbons (Fsp3) is 0.211. The molecule has 0 radical (unpaired) electrons. The van der Waals surface area contributed by atoms with Crippen molar-refractivity contribution >= 4 is 29.6 Å². The molecule has 0 aliphatic rings. The Morgan fingerprint density at radius 1 is 1.20 bits per heavy atom. The van der Waals surface area contributed by atoms with Crippen LogP contribution in [0.1, 0.15) is 23.4 Å². The lowest BCUT2D eigenvalue weighted by Gasteiger charge is -2.12. The molecule has 0 unspecified atom stereocenters. The lowest BCUT2D eigenvalue weighted by molar-refractivity contribution is 0.135. The first kappa shape index (κ1) is 22.0. The topological polar surface area (TPSA) is 61.5 Å². The van der Waals surface area contributed by atoms with Crippen LogP contribution in [-0.2, 0) is 6.61 Å². The number of rotatable bonds is 8. The molecule has 3 aromatic rings. The number of nitrogens with zero attached hydrogens (tertiary/aromatic N) is 4. The second kappa shape index (κ2) is 9.86. The molecule has 0 saturated carbocycles. The minimum Gasteiger partial charge on any atom is -0.496 e. The van der Waals surface area contributed by atoms with Gasteiger partial charge in [0, 0.05) is 5.56 Å². The van der Waals surface area contributed by atoms with Crippen LogP contribution in [0.3, 0.4) is 0 Å². The Labute approximate surface area is 179 Å². The number of hydrogen-bond donors (Lipinski definition) is 0. The highest BCUT2D eigenvalue weighted by atomic mass is 35.5. The Morgan fingerprint density at radius 3 is 2.63 bits per heavy atom. The van der Waals surface area contributed by atoms with Gasteiger partial charge in [-0.25, -0.2) is 13.2 Å². The summed E-state index contributed by atoms with van der Waals surface area (Å²) in [6.07, 6.45) is 0.285. The van der Waals surface area contributed by atoms with E-state index in [1.54, 1.807) is 24.5 Å². The molecule has 0 N–H and O–H groups in total. The number of hydrogen-bond acceptors (Lipinski definition) is 6. The fourth-order valence-corrected chi connectivity index (χ4v) is 3.17. The summed E-state index contributed by atoms with van der Waals surface area (Å²) in [5.74, 6) is -0.147. The summed E-state index contributed by atoms with van der Waals surface area (Å²) in [6.45, 7) is 0.0845. The van der Waals surface area contributed by atoms with E-state index in [9.17, 15) is 13.2 Å². The molecular formula is C19H16ClF3N4O2S. The van der Waals surface area contributed by atoms with E-state index in [2.05, 4.69) is 15.3 Å². The van der Waals surface area contributed by atoms with Crippen molar-refractivity contribution in [1.82, 2.24) is 14.9 Å². The molecule has 3 rings (SSSR count). The lowest BCUT2D eigenvalue weighted by atomic mass is 10.1. The average molecular weight is 457 g/mol. The zero-order chi connectivity index (χ0) is 21.7. The van der Waals surface area contributed by atoms with Gasteiger partial charge in [-0.05, 0) is 48.2 Å². The maximum Gasteiger partial charge on any atom is 0.299 e. The Balaban J connectivity index is 1.84. The highest BCUT2D eigenvalue weighted by Crippen LogP contribution is 2.28. The molecule has 0 fully saturated rings. The van der Waals surface area contributed by atoms with E-state index in [1.807, 2.05) is 0 Å². The van der Waals surface area contributed by atoms with E-state index in [0.717, 1.165) is 22.5 Å². The summed E-state index contributed by atoms with van der Waals surface area (Å²) in [5, 5.41) is 11.6. The largest absolute Gasteiger partial charge is 0.496 e. The molecule has 1 aromatic heterocycles. The van der Waals surface area contributed by atoms with Crippen molar-refractivity contribution < 1.29 is 22.6 Å². The predicted molar refractivity (Wildman–Crippen MR) is 108 cm³/mol. The van der Waals surface area contributed by atoms with Crippen molar-refractivity contribution in [2.24, 2.45) is 5.10 Å². The van der Waals surface area contributed by atoms with E-state index in [1.165, 1.54) is 25.5 Å². The van der Waals surface area contributed by atoms with E-state index >= 15 is 0 Å². The first-order valence-corrected chi connectivity index (χ1v) is 10.1. The van der Waals surface area contributed by atoms with Gasteiger partial charge in [0.25, 0.3) is 6.43 Å². The number of aromatic nitrogens is 3. The van der Waals surface area contributed by atoms with Crippen molar-refractivity contribution in [3.8, 4) is 11.5 Å². The molecular weight excluding hydrogens is 441 g/mol. The molecule has 6 nitrogen and oxygen atoms in total. The van der Waals surface area contributed by atoms with E-state index < -0.39 is 18.1 Å². The molecule has 0 bridgehead atoms. The fourth-order valence-electron chi connectivity index (χ4n) is 2.51. The quantitative estimate of drug-likeness (QED) is 0.344. The molecule has 0 saturated heterocycles. The van der Waals surface area contributed by atoms with Gasteiger partial charge in [0.1, 0.15) is 23.9 Å². The van der Waals surface area contributed by atoms with Crippen molar-refractivity contribution in [3.05, 3.63) is 64.2 Å². The minimum atomic E-state index is -2.81. The summed E-state index contributed by atoms with van der Waals surface area (Å²) < 4.78 is 51.4. The third-order valence-corrected chi connectivity index (χ3v) is 4.83. The highest BCUT2D eigenvalue weighted by molar-refractivity contribution is 7.98. The summed E-state index contributed by atoms with van der Waals surface area (Å²) in [7, 11) is 1.51. The molecule has 0 atom stereocenters. The molecule has 2 aromatic carbocycles. The SMILES string of the molecule is COc1ccc(/C=N/n2c(SC)nnc2C(F)F)cc1COc1ccc(F)cc1Cl. The standard InChI is InChI=1S/C19H16ClF3N4O2S/c1-28-15-5-3-11(9-24-27-18(17(22)23)25-26-19(27)30-2)7-12(15)10-29-16-6-4-13(21)8-14(16)20/h3-9,17H,10H2,1-2H3/b24-9+. The van der Waals surface area contributed by atoms with Crippen molar-refractivity contribution in [2.75, 3.05) is 13.4 Å². The zero-order valence-electron chi connectivity index (χ0n) is 15.9. The Hall–Kier alpha value is -2.72. The van der Waals surface area contributed by atoms with Gasteiger partial charge in [-0.2, -0.15) is 9.78 Å². The van der Waals surface area contributed by atoms with Crippen molar-refractivity contribution in [3.63, 3.8) is 0 Å². The second-order valence-electron chi connectivity index (χ2n) is 5.84. The van der Waals surface area contributed by atoms with Crippen LogP contribution < -0.4 is 9.47 Å². The smallest absolute Gasteiger partial charge is 0.299 e. The molecule has 0 aliphatic heterocycles. The normalized spacial score (nSPS) is 11.4. The van der Waals surface area contributed by atoms with Crippen LogP contribution in [0.4, 0.5) is 13.2 Å². The Bertz CT molecular complexity index is 1060. The first-order chi connectivity index (χ1) is 14.4. The maximum absolute atomic E-state index is 13.2. The molecule has 30 heavy (non-hydrogen) atoms. The molecule has 0 amide bonds. The van der Waals surface area contributed by atoms with E-state index in [0.29, 0.717) is 22.6 Å². The van der Waals surface area contributed by atoms with Crippen LogP contribution in [0.2, 0.25) is 5.02 Å². The van der Waals surface area contributed by atoms with Gasteiger partial charge in [-0.3, -0.25) is 0 Å². The first-order valence-electron chi connectivity index (χ1n) is 8.49. The predicted octanol–water partition coefficient (Wildman–Crippen LogP) is 5.20. The number of methoxy groups -OCH3 is 1. The van der Waals surface area contributed by atoms with E-state index in [-0.39, 0.29) is 16.8 Å². The Kier molecular flexibility index (Phi) is 7.22. The van der Waals surface area contributed by atoms with Gasteiger partial charge in [0.05, 0.1) is 18.3 Å². The molecule has 1 heterocycles. The minimum absolute atomic E-state index is 0.0845. The van der Waals surface area contributed by atoms with Gasteiger partial charge < -0.3 is 9.47 Å². The Morgan fingerprint density at radius 2 is 1.97 bits per heavy atom. The third-order valence-electron chi connectivity index (χ3n) is 3.92. The van der Waals surface area contributed by atoms with Gasteiger partial charge in [0.15, 0.2) is 0 Å². The van der Waals surface area contributed by atoms with Crippen LogP contribution in [-0.4, -0.2) is 34.5 Å². The average Bonchev–Trinajstić information content (AvgIpc) is 3.15. The molecule has 11 heteroatoms. The number of alkyl halides is 2. The second-order valence-corrected chi connectivity index (χ2v) is 7.02. The summed E-state index contributed by atoms with van der Waals surface area (Å²) in [4.78, 5) is 0. The van der Waals surface area contributed by atoms with Crippen LogP contribution in [0.5, 0.6) is 11.5 Å². The van der Waals surface area contributed by atoms with Crippen LogP contribution >= 0.6 is 23.4 Å². The lowest BCUT2D eigenvalue weighted by Crippen LogP contribution is -2.02. The molecule has 0 aliphatic carbocycles. The summed E-state index contributed by atoms with van der Waals surface area (Å²) in [5.41, 5.74) is 1.27. The van der Waals surface area contributed by atoms with Gasteiger partial charge >= 0.3 is 0 Å². The van der Waals surface area contributed by atoms with Gasteiger partial charge in [-0.15, -0.1) is 10.2 Å². The zero-order valence-corrected chi connectivity index (χ0v) is 17.4. The monoisotopic (exact) mass is 456 g/mol. The number of benzene rings is 2. The van der Waals surface area contributed by atoms with E-state index in [4.69, 9.17) is 21.1 Å². The highest BCUT2D eigenvalue weighted by Gasteiger charge is 2.19.